The number of fused-ring (bicyclic) bond motifs is 1. The Hall–Kier alpha value is -4.78. The molecule has 1 unspecified atom stereocenters. The summed E-state index contributed by atoms with van der Waals surface area (Å²) in [5.74, 6) is 0.575. The van der Waals surface area contributed by atoms with Gasteiger partial charge in [0.2, 0.25) is 11.6 Å². The molecule has 1 aromatic heterocycles. The van der Waals surface area contributed by atoms with Gasteiger partial charge in [-0.25, -0.2) is 4.98 Å². The van der Waals surface area contributed by atoms with E-state index < -0.39 is 10.7 Å². The minimum Gasteiger partial charge on any atom is -0.502 e. The number of phenols is 1. The van der Waals surface area contributed by atoms with Crippen LogP contribution in [0.2, 0.25) is 0 Å². The number of nitro groups is 1. The second-order valence-corrected chi connectivity index (χ2v) is 9.33. The van der Waals surface area contributed by atoms with E-state index in [1.54, 1.807) is 6.07 Å². The van der Waals surface area contributed by atoms with Crippen LogP contribution in [-0.4, -0.2) is 21.2 Å². The Bertz CT molecular complexity index is 1620. The first kappa shape index (κ1) is 24.9. The summed E-state index contributed by atoms with van der Waals surface area (Å²) in [5, 5.41) is 22.0. The molecule has 7 heteroatoms. The lowest BCUT2D eigenvalue weighted by Crippen LogP contribution is -1.97. The summed E-state index contributed by atoms with van der Waals surface area (Å²) in [6.07, 6.45) is 3.00. The van der Waals surface area contributed by atoms with Gasteiger partial charge in [0.1, 0.15) is 5.52 Å². The van der Waals surface area contributed by atoms with Crippen molar-refractivity contribution in [3.05, 3.63) is 117 Å². The van der Waals surface area contributed by atoms with E-state index >= 15 is 0 Å². The van der Waals surface area contributed by atoms with Crippen molar-refractivity contribution in [1.29, 1.82) is 0 Å². The number of benzene rings is 4. The van der Waals surface area contributed by atoms with Crippen molar-refractivity contribution in [3.8, 4) is 17.2 Å². The smallest absolute Gasteiger partial charge is 0.311 e. The van der Waals surface area contributed by atoms with Crippen molar-refractivity contribution in [3.63, 3.8) is 0 Å². The second kappa shape index (κ2) is 10.7. The predicted molar refractivity (Wildman–Crippen MR) is 149 cm³/mol. The predicted octanol–water partition coefficient (Wildman–Crippen LogP) is 7.96. The van der Waals surface area contributed by atoms with Gasteiger partial charge in [-0.3, -0.25) is 15.1 Å². The molecule has 0 amide bonds. The van der Waals surface area contributed by atoms with Gasteiger partial charge in [-0.2, -0.15) is 0 Å². The summed E-state index contributed by atoms with van der Waals surface area (Å²) in [6.45, 7) is 4.36. The average Bonchev–Trinajstić information content (AvgIpc) is 3.37. The number of aromatic nitrogens is 1. The van der Waals surface area contributed by atoms with Crippen LogP contribution >= 0.6 is 0 Å². The summed E-state index contributed by atoms with van der Waals surface area (Å²) in [6, 6.07) is 26.2. The van der Waals surface area contributed by atoms with E-state index in [-0.39, 0.29) is 11.3 Å². The van der Waals surface area contributed by atoms with E-state index in [0.29, 0.717) is 29.5 Å². The number of nitro benzene ring substituents is 1. The molecule has 1 atom stereocenters. The molecule has 5 aromatic rings. The Labute approximate surface area is 220 Å². The molecular formula is C31H27N3O4. The van der Waals surface area contributed by atoms with Crippen LogP contribution in [0.5, 0.6) is 5.75 Å². The molecule has 7 nitrogen and oxygen atoms in total. The van der Waals surface area contributed by atoms with Crippen LogP contribution in [0.15, 0.2) is 94.3 Å². The van der Waals surface area contributed by atoms with Crippen LogP contribution in [0.25, 0.3) is 22.6 Å². The maximum absolute atomic E-state index is 11.5. The summed E-state index contributed by atoms with van der Waals surface area (Å²) >= 11 is 0. The minimum absolute atomic E-state index is 0.283. The number of rotatable bonds is 8. The molecule has 5 rings (SSSR count). The topological polar surface area (TPSA) is 102 Å². The standard InChI is InChI=1S/C31H27N3O4/c1-3-20(2)24-11-14-29-27(18-24)33-31(38-29)23-9-12-26(13-10-23)32-19-25-16-22(15-21-7-5-4-6-8-21)17-28(30(25)35)34(36)37/h4-14,16-20,35H,3,15H2,1-2H3. The van der Waals surface area contributed by atoms with Crippen LogP contribution < -0.4 is 0 Å². The third-order valence-corrected chi connectivity index (χ3v) is 6.69. The lowest BCUT2D eigenvalue weighted by molar-refractivity contribution is -0.385. The Balaban J connectivity index is 1.39. The molecule has 0 fully saturated rings. The zero-order chi connectivity index (χ0) is 26.6. The van der Waals surface area contributed by atoms with Gasteiger partial charge in [-0.1, -0.05) is 50.2 Å². The molecule has 0 spiro atoms. The number of oxazole rings is 1. The van der Waals surface area contributed by atoms with Gasteiger partial charge in [0.25, 0.3) is 0 Å². The second-order valence-electron chi connectivity index (χ2n) is 9.33. The van der Waals surface area contributed by atoms with Gasteiger partial charge in [0.05, 0.1) is 10.6 Å². The highest BCUT2D eigenvalue weighted by Crippen LogP contribution is 2.32. The Kier molecular flexibility index (Phi) is 7.00. The fourth-order valence-electron chi connectivity index (χ4n) is 4.32. The molecule has 190 valence electrons. The molecule has 38 heavy (non-hydrogen) atoms. The number of nitrogens with zero attached hydrogens (tertiary/aromatic N) is 3. The third-order valence-electron chi connectivity index (χ3n) is 6.69. The highest BCUT2D eigenvalue weighted by atomic mass is 16.6. The number of aliphatic imine (C=N–C) groups is 1. The zero-order valence-corrected chi connectivity index (χ0v) is 21.2. The molecule has 0 aliphatic heterocycles. The van der Waals surface area contributed by atoms with Crippen molar-refractivity contribution in [2.45, 2.75) is 32.6 Å². The highest BCUT2D eigenvalue weighted by molar-refractivity contribution is 5.88. The van der Waals surface area contributed by atoms with E-state index in [1.165, 1.54) is 17.8 Å². The Morgan fingerprint density at radius 3 is 2.50 bits per heavy atom. The van der Waals surface area contributed by atoms with Crippen LogP contribution in [-0.2, 0) is 6.42 Å². The minimum atomic E-state index is -0.581. The molecule has 0 bridgehead atoms. The number of aromatic hydroxyl groups is 1. The largest absolute Gasteiger partial charge is 0.502 e. The average molecular weight is 506 g/mol. The van der Waals surface area contributed by atoms with Crippen molar-refractivity contribution in [1.82, 2.24) is 4.98 Å². The van der Waals surface area contributed by atoms with Gasteiger partial charge >= 0.3 is 5.69 Å². The molecule has 4 aromatic carbocycles. The summed E-state index contributed by atoms with van der Waals surface area (Å²) in [4.78, 5) is 20.1. The molecule has 0 aliphatic rings. The Morgan fingerprint density at radius 1 is 1.03 bits per heavy atom. The number of phenolic OH excluding ortho intramolecular Hbond substituents is 1. The van der Waals surface area contributed by atoms with Crippen LogP contribution in [0.3, 0.4) is 0 Å². The highest BCUT2D eigenvalue weighted by Gasteiger charge is 2.18. The molecular weight excluding hydrogens is 478 g/mol. The first-order valence-corrected chi connectivity index (χ1v) is 12.5. The quantitative estimate of drug-likeness (QED) is 0.131. The molecule has 0 saturated heterocycles. The number of hydrogen-bond acceptors (Lipinski definition) is 6. The van der Waals surface area contributed by atoms with Gasteiger partial charge in [-0.15, -0.1) is 0 Å². The lowest BCUT2D eigenvalue weighted by atomic mass is 9.98. The van der Waals surface area contributed by atoms with E-state index in [9.17, 15) is 15.2 Å². The van der Waals surface area contributed by atoms with E-state index in [4.69, 9.17) is 4.42 Å². The van der Waals surface area contributed by atoms with E-state index in [2.05, 4.69) is 36.0 Å². The lowest BCUT2D eigenvalue weighted by Gasteiger charge is -2.07. The monoisotopic (exact) mass is 505 g/mol. The van der Waals surface area contributed by atoms with Crippen LogP contribution in [0.1, 0.15) is 48.4 Å². The van der Waals surface area contributed by atoms with Crippen LogP contribution in [0, 0.1) is 10.1 Å². The first-order chi connectivity index (χ1) is 18.4. The van der Waals surface area contributed by atoms with E-state index in [1.807, 2.05) is 60.7 Å². The number of hydrogen-bond donors (Lipinski definition) is 1. The molecule has 1 heterocycles. The summed E-state index contributed by atoms with van der Waals surface area (Å²) < 4.78 is 5.96. The van der Waals surface area contributed by atoms with Crippen molar-refractivity contribution in [2.24, 2.45) is 4.99 Å². The molecule has 0 saturated carbocycles. The normalized spacial score (nSPS) is 12.3. The summed E-state index contributed by atoms with van der Waals surface area (Å²) in [7, 11) is 0. The van der Waals surface area contributed by atoms with Crippen molar-refractivity contribution < 1.29 is 14.4 Å². The fraction of sp³-hybridized carbons (Fsp3) is 0.161. The molecule has 0 radical (unpaired) electrons. The van der Waals surface area contributed by atoms with Gasteiger partial charge in [0.15, 0.2) is 5.58 Å². The van der Waals surface area contributed by atoms with Gasteiger partial charge in [-0.05, 0) is 77.9 Å². The van der Waals surface area contributed by atoms with E-state index in [0.717, 1.165) is 28.6 Å². The SMILES string of the molecule is CCC(C)c1ccc2oc(-c3ccc(N=Cc4cc(Cc5ccccc5)cc([N+](=O)[O-])c4O)cc3)nc2c1. The van der Waals surface area contributed by atoms with Crippen LogP contribution in [0.4, 0.5) is 11.4 Å². The van der Waals surface area contributed by atoms with Crippen molar-refractivity contribution >= 4 is 28.7 Å². The zero-order valence-electron chi connectivity index (χ0n) is 21.2. The van der Waals surface area contributed by atoms with Gasteiger partial charge < -0.3 is 9.52 Å². The first-order valence-electron chi connectivity index (χ1n) is 12.5. The van der Waals surface area contributed by atoms with Crippen molar-refractivity contribution in [2.75, 3.05) is 0 Å². The van der Waals surface area contributed by atoms with Gasteiger partial charge in [0, 0.05) is 23.4 Å². The fourth-order valence-corrected chi connectivity index (χ4v) is 4.32. The third kappa shape index (κ3) is 5.32. The maximum Gasteiger partial charge on any atom is 0.311 e. The molecule has 1 N–H and O–H groups in total. The summed E-state index contributed by atoms with van der Waals surface area (Å²) in [5.41, 5.74) is 5.90. The Morgan fingerprint density at radius 2 is 1.79 bits per heavy atom. The molecule has 0 aliphatic carbocycles. The maximum atomic E-state index is 11.5.